The van der Waals surface area contributed by atoms with Crippen LogP contribution in [-0.2, 0) is 4.84 Å². The van der Waals surface area contributed by atoms with Crippen LogP contribution in [0.5, 0.6) is 0 Å². The van der Waals surface area contributed by atoms with Crippen LogP contribution in [-0.4, -0.2) is 24.0 Å². The van der Waals surface area contributed by atoms with Crippen molar-refractivity contribution in [2.24, 2.45) is 5.16 Å². The number of hydrogen-bond acceptors (Lipinski definition) is 3. The molecule has 0 aliphatic rings. The van der Waals surface area contributed by atoms with Crippen LogP contribution in [0.2, 0.25) is 0 Å². The second-order valence-corrected chi connectivity index (χ2v) is 5.75. The van der Waals surface area contributed by atoms with Gasteiger partial charge in [0.15, 0.2) is 0 Å². The normalized spacial score (nSPS) is 11.4. The van der Waals surface area contributed by atoms with Crippen molar-refractivity contribution in [3.8, 4) is 22.3 Å². The summed E-state index contributed by atoms with van der Waals surface area (Å²) < 4.78 is 0. The van der Waals surface area contributed by atoms with E-state index in [0.29, 0.717) is 0 Å². The van der Waals surface area contributed by atoms with Crippen LogP contribution < -0.4 is 0 Å². The molecule has 0 heterocycles. The molecule has 0 bridgehead atoms. The van der Waals surface area contributed by atoms with Crippen LogP contribution in [0.1, 0.15) is 12.5 Å². The molecule has 0 fully saturated rings. The second-order valence-electron chi connectivity index (χ2n) is 5.75. The fourth-order valence-electron chi connectivity index (χ4n) is 2.63. The summed E-state index contributed by atoms with van der Waals surface area (Å²) in [6, 6.07) is 27.2. The summed E-state index contributed by atoms with van der Waals surface area (Å²) in [5.41, 5.74) is 6.57. The van der Waals surface area contributed by atoms with Gasteiger partial charge in [0.05, 0.1) is 12.3 Å². The SMILES string of the molecule is CC(=NOCCO)c1ccc(-c2ccc(-c3ccccc3)cc2)cc1. The zero-order valence-electron chi connectivity index (χ0n) is 14.2. The number of benzene rings is 3. The van der Waals surface area contributed by atoms with E-state index in [1.165, 1.54) is 16.7 Å². The van der Waals surface area contributed by atoms with E-state index < -0.39 is 0 Å². The standard InChI is InChI=1S/C22H21NO2/c1-17(23-25-16-15-24)18-7-9-21(10-8-18)22-13-11-20(12-14-22)19-5-3-2-4-6-19/h2-14,24H,15-16H2,1H3. The molecule has 1 N–H and O–H groups in total. The van der Waals surface area contributed by atoms with Gasteiger partial charge in [0.25, 0.3) is 0 Å². The van der Waals surface area contributed by atoms with Crippen molar-refractivity contribution < 1.29 is 9.94 Å². The Balaban J connectivity index is 1.75. The van der Waals surface area contributed by atoms with Crippen LogP contribution in [0.25, 0.3) is 22.3 Å². The minimum absolute atomic E-state index is 0.0330. The van der Waals surface area contributed by atoms with Crippen molar-refractivity contribution in [1.29, 1.82) is 0 Å². The van der Waals surface area contributed by atoms with Gasteiger partial charge in [-0.2, -0.15) is 0 Å². The van der Waals surface area contributed by atoms with Crippen LogP contribution in [0.4, 0.5) is 0 Å². The predicted octanol–water partition coefficient (Wildman–Crippen LogP) is 4.75. The Kier molecular flexibility index (Phi) is 5.60. The van der Waals surface area contributed by atoms with E-state index in [2.05, 4.69) is 65.8 Å². The molecule has 3 heteroatoms. The maximum absolute atomic E-state index is 8.71. The molecule has 0 radical (unpaired) electrons. The van der Waals surface area contributed by atoms with Gasteiger partial charge in [0, 0.05) is 0 Å². The summed E-state index contributed by atoms with van der Waals surface area (Å²) in [6.07, 6.45) is 0. The van der Waals surface area contributed by atoms with Gasteiger partial charge < -0.3 is 9.94 Å². The highest BCUT2D eigenvalue weighted by molar-refractivity contribution is 5.98. The molecule has 0 aliphatic heterocycles. The number of nitrogens with zero attached hydrogens (tertiary/aromatic N) is 1. The molecule has 0 amide bonds. The smallest absolute Gasteiger partial charge is 0.140 e. The van der Waals surface area contributed by atoms with E-state index in [0.717, 1.165) is 16.8 Å². The molecular weight excluding hydrogens is 310 g/mol. The summed E-state index contributed by atoms with van der Waals surface area (Å²) in [4.78, 5) is 5.01. The zero-order valence-corrected chi connectivity index (χ0v) is 14.2. The molecule has 3 aromatic rings. The van der Waals surface area contributed by atoms with Crippen molar-refractivity contribution in [2.45, 2.75) is 6.92 Å². The van der Waals surface area contributed by atoms with Crippen LogP contribution in [0, 0.1) is 0 Å². The lowest BCUT2D eigenvalue weighted by Crippen LogP contribution is -1.99. The fraction of sp³-hybridized carbons (Fsp3) is 0.136. The van der Waals surface area contributed by atoms with Crippen LogP contribution in [0.15, 0.2) is 84.0 Å². The monoisotopic (exact) mass is 331 g/mol. The van der Waals surface area contributed by atoms with Gasteiger partial charge in [-0.1, -0.05) is 84.0 Å². The van der Waals surface area contributed by atoms with Crippen LogP contribution >= 0.6 is 0 Å². The quantitative estimate of drug-likeness (QED) is 0.402. The lowest BCUT2D eigenvalue weighted by molar-refractivity contribution is 0.0986. The van der Waals surface area contributed by atoms with E-state index in [1.807, 2.05) is 25.1 Å². The molecule has 3 rings (SSSR count). The number of oxime groups is 1. The third-order valence-corrected chi connectivity index (χ3v) is 4.01. The number of aliphatic hydroxyl groups excluding tert-OH is 1. The molecule has 0 aliphatic carbocycles. The molecule has 0 aromatic heterocycles. The third-order valence-electron chi connectivity index (χ3n) is 4.01. The van der Waals surface area contributed by atoms with Gasteiger partial charge in [-0.3, -0.25) is 0 Å². The Morgan fingerprint density at radius 1 is 0.760 bits per heavy atom. The average molecular weight is 331 g/mol. The molecule has 0 spiro atoms. The van der Waals surface area contributed by atoms with E-state index in [9.17, 15) is 0 Å². The maximum atomic E-state index is 8.71. The first-order valence-corrected chi connectivity index (χ1v) is 8.31. The van der Waals surface area contributed by atoms with Crippen LogP contribution in [0.3, 0.4) is 0 Å². The van der Waals surface area contributed by atoms with E-state index >= 15 is 0 Å². The molecule has 25 heavy (non-hydrogen) atoms. The van der Waals surface area contributed by atoms with Gasteiger partial charge in [-0.25, -0.2) is 0 Å². The lowest BCUT2D eigenvalue weighted by Gasteiger charge is -2.06. The highest BCUT2D eigenvalue weighted by Crippen LogP contribution is 2.25. The number of aliphatic hydroxyl groups is 1. The highest BCUT2D eigenvalue weighted by atomic mass is 16.6. The minimum Gasteiger partial charge on any atom is -0.393 e. The molecule has 0 unspecified atom stereocenters. The number of hydrogen-bond donors (Lipinski definition) is 1. The van der Waals surface area contributed by atoms with E-state index in [1.54, 1.807) is 0 Å². The van der Waals surface area contributed by atoms with Crippen molar-refractivity contribution in [3.05, 3.63) is 84.4 Å². The first-order chi connectivity index (χ1) is 12.3. The van der Waals surface area contributed by atoms with E-state index in [-0.39, 0.29) is 13.2 Å². The maximum Gasteiger partial charge on any atom is 0.140 e. The highest BCUT2D eigenvalue weighted by Gasteiger charge is 2.02. The van der Waals surface area contributed by atoms with Crippen molar-refractivity contribution in [2.75, 3.05) is 13.2 Å². The fourth-order valence-corrected chi connectivity index (χ4v) is 2.63. The molecule has 0 atom stereocenters. The molecule has 3 nitrogen and oxygen atoms in total. The average Bonchev–Trinajstić information content (AvgIpc) is 2.69. The van der Waals surface area contributed by atoms with Gasteiger partial charge in [-0.05, 0) is 34.7 Å². The second kappa shape index (κ2) is 8.27. The third kappa shape index (κ3) is 4.34. The zero-order chi connectivity index (χ0) is 17.5. The first kappa shape index (κ1) is 16.9. The van der Waals surface area contributed by atoms with Crippen molar-refractivity contribution >= 4 is 5.71 Å². The Morgan fingerprint density at radius 2 is 1.24 bits per heavy atom. The molecule has 0 saturated heterocycles. The number of rotatable bonds is 6. The summed E-state index contributed by atoms with van der Waals surface area (Å²) in [6.45, 7) is 2.07. The first-order valence-electron chi connectivity index (χ1n) is 8.31. The largest absolute Gasteiger partial charge is 0.393 e. The van der Waals surface area contributed by atoms with Crippen molar-refractivity contribution in [3.63, 3.8) is 0 Å². The molecule has 0 saturated carbocycles. The summed E-state index contributed by atoms with van der Waals surface area (Å²) in [7, 11) is 0. The Labute approximate surface area is 148 Å². The summed E-state index contributed by atoms with van der Waals surface area (Å²) in [5, 5.41) is 12.7. The Bertz CT molecular complexity index is 822. The van der Waals surface area contributed by atoms with Gasteiger partial charge in [-0.15, -0.1) is 0 Å². The van der Waals surface area contributed by atoms with Crippen molar-refractivity contribution in [1.82, 2.24) is 0 Å². The summed E-state index contributed by atoms with van der Waals surface area (Å²) >= 11 is 0. The van der Waals surface area contributed by atoms with Gasteiger partial charge in [0.2, 0.25) is 0 Å². The molecular formula is C22H21NO2. The molecule has 3 aromatic carbocycles. The predicted molar refractivity (Wildman–Crippen MR) is 103 cm³/mol. The lowest BCUT2D eigenvalue weighted by atomic mass is 9.99. The topological polar surface area (TPSA) is 41.8 Å². The molecule has 126 valence electrons. The minimum atomic E-state index is -0.0330. The van der Waals surface area contributed by atoms with Gasteiger partial charge in [0.1, 0.15) is 6.61 Å². The van der Waals surface area contributed by atoms with E-state index in [4.69, 9.17) is 9.94 Å². The summed E-state index contributed by atoms with van der Waals surface area (Å²) in [5.74, 6) is 0. The Hall–Kier alpha value is -2.91. The van der Waals surface area contributed by atoms with Gasteiger partial charge >= 0.3 is 0 Å². The Morgan fingerprint density at radius 3 is 1.76 bits per heavy atom.